The highest BCUT2D eigenvalue weighted by atomic mass is 32.1. The fourth-order valence-electron chi connectivity index (χ4n) is 2.21. The van der Waals surface area contributed by atoms with Gasteiger partial charge in [-0.1, -0.05) is 184 Å². The second kappa shape index (κ2) is 46.0. The normalized spacial score (nSPS) is 15.7. The van der Waals surface area contributed by atoms with E-state index in [-0.39, 0.29) is 0 Å². The third-order valence-corrected chi connectivity index (χ3v) is 6.03. The summed E-state index contributed by atoms with van der Waals surface area (Å²) < 4.78 is 0. The van der Waals surface area contributed by atoms with E-state index in [9.17, 15) is 0 Å². The van der Waals surface area contributed by atoms with Crippen LogP contribution in [-0.2, 0) is 0 Å². The fraction of sp³-hybridized carbons (Fsp3) is 0.944. The number of rotatable bonds is 3. The minimum absolute atomic E-state index is 0.306. The number of allylic oxidation sites excluding steroid dienone is 1. The van der Waals surface area contributed by atoms with E-state index < -0.39 is 0 Å². The molecule has 1 fully saturated rings. The number of unbranched alkanes of at least 4 members (excludes halogenated alkanes) is 2. The molecule has 1 aliphatic carbocycles. The zero-order chi connectivity index (χ0) is 32.3. The second-order valence-electron chi connectivity index (χ2n) is 10.9. The van der Waals surface area contributed by atoms with Gasteiger partial charge >= 0.3 is 0 Å². The average Bonchev–Trinajstić information content (AvgIpc) is 3.33. The molecule has 0 N–H and O–H groups in total. The van der Waals surface area contributed by atoms with Crippen molar-refractivity contribution in [3.8, 4) is 0 Å². The summed E-state index contributed by atoms with van der Waals surface area (Å²) in [5.41, 5.74) is 0.670. The van der Waals surface area contributed by atoms with Gasteiger partial charge in [0.2, 0.25) is 0 Å². The lowest BCUT2D eigenvalue weighted by molar-refractivity contribution is 0.384. The largest absolute Gasteiger partial charge is 0.176 e. The zero-order valence-corrected chi connectivity index (χ0v) is 32.2. The average molecular weight is 551 g/mol. The van der Waals surface area contributed by atoms with Crippen molar-refractivity contribution in [2.45, 2.75) is 196 Å². The van der Waals surface area contributed by atoms with Gasteiger partial charge in [-0.3, -0.25) is 0 Å². The van der Waals surface area contributed by atoms with Crippen LogP contribution in [0.25, 0.3) is 0 Å². The molecule has 0 aromatic carbocycles. The maximum absolute atomic E-state index is 4.28. The molecule has 0 nitrogen and oxygen atoms in total. The van der Waals surface area contributed by atoms with Crippen LogP contribution in [-0.4, -0.2) is 5.25 Å². The summed E-state index contributed by atoms with van der Waals surface area (Å²) in [7, 11) is 0. The molecule has 37 heavy (non-hydrogen) atoms. The van der Waals surface area contributed by atoms with Gasteiger partial charge < -0.3 is 0 Å². The Morgan fingerprint density at radius 2 is 1.00 bits per heavy atom. The van der Waals surface area contributed by atoms with Crippen molar-refractivity contribution >= 4 is 12.6 Å². The topological polar surface area (TPSA) is 0 Å². The lowest BCUT2D eigenvalue weighted by Gasteiger charge is -2.21. The fourth-order valence-corrected chi connectivity index (χ4v) is 2.21. The third kappa shape index (κ3) is 72.3. The van der Waals surface area contributed by atoms with Crippen molar-refractivity contribution in [2.24, 2.45) is 28.6 Å². The molecule has 0 aromatic heterocycles. The van der Waals surface area contributed by atoms with E-state index in [0.29, 0.717) is 16.1 Å². The van der Waals surface area contributed by atoms with Crippen LogP contribution in [0.15, 0.2) is 12.7 Å². The molecular weight excluding hydrogens is 464 g/mol. The van der Waals surface area contributed by atoms with Crippen LogP contribution in [0, 0.1) is 28.6 Å². The molecular formula is C36H86S. The standard InChI is InChI=1S/C9H18.C6H14S.C6H12.C5H12.5C2H6/c1-7(2)9-5-4-8(3)6-9;1-5(7)6(2,3)4;1-5-6(2,3)4;1-3-5-4-2;5*1-2/h7-9H,4-6H2,1-3H3;5,7H,1-4H3;5H,1H2,2-4H3;3-5H2,1-2H3;5*1-2H3/t;5-;;;;;;;/m.1......./s1. The summed E-state index contributed by atoms with van der Waals surface area (Å²) >= 11 is 4.28. The lowest BCUT2D eigenvalue weighted by atomic mass is 9.93. The predicted octanol–water partition coefficient (Wildman–Crippen LogP) is 15.0. The molecule has 0 amide bonds. The van der Waals surface area contributed by atoms with Crippen molar-refractivity contribution in [3.63, 3.8) is 0 Å². The van der Waals surface area contributed by atoms with Crippen molar-refractivity contribution < 1.29 is 0 Å². The van der Waals surface area contributed by atoms with Crippen molar-refractivity contribution in [3.05, 3.63) is 12.7 Å². The maximum Gasteiger partial charge on any atom is 0.00370 e. The van der Waals surface area contributed by atoms with Crippen LogP contribution in [0.5, 0.6) is 0 Å². The first-order valence-electron chi connectivity index (χ1n) is 16.4. The molecule has 0 saturated heterocycles. The SMILES string of the molecule is C=CC(C)(C)C.CC.CC.CC.CC.CC.CC1CCC(C(C)C)C1.CCCCC.C[C@@H](S)C(C)(C)C. The van der Waals surface area contributed by atoms with E-state index in [2.05, 4.69) is 102 Å². The van der Waals surface area contributed by atoms with Gasteiger partial charge in [0, 0.05) is 5.25 Å². The van der Waals surface area contributed by atoms with Gasteiger partial charge in [0.1, 0.15) is 0 Å². The Hall–Kier alpha value is 0.0900. The highest BCUT2D eigenvalue weighted by molar-refractivity contribution is 7.81. The molecule has 1 saturated carbocycles. The first-order chi connectivity index (χ1) is 17.1. The minimum atomic E-state index is 0.306. The van der Waals surface area contributed by atoms with Crippen molar-refractivity contribution in [2.75, 3.05) is 0 Å². The third-order valence-electron chi connectivity index (χ3n) is 5.25. The Morgan fingerprint density at radius 3 is 1.05 bits per heavy atom. The Balaban J connectivity index is -0.0000000459. The van der Waals surface area contributed by atoms with Gasteiger partial charge in [-0.2, -0.15) is 12.6 Å². The Kier molecular flexibility index (Phi) is 70.9. The van der Waals surface area contributed by atoms with E-state index in [1.807, 2.05) is 75.3 Å². The van der Waals surface area contributed by atoms with Crippen LogP contribution < -0.4 is 0 Å². The van der Waals surface area contributed by atoms with Crippen LogP contribution in [0.4, 0.5) is 0 Å². The highest BCUT2D eigenvalue weighted by Gasteiger charge is 2.23. The van der Waals surface area contributed by atoms with Crippen LogP contribution in [0.1, 0.15) is 191 Å². The van der Waals surface area contributed by atoms with Gasteiger partial charge in [0.25, 0.3) is 0 Å². The predicted molar refractivity (Wildman–Crippen MR) is 191 cm³/mol. The molecule has 3 atom stereocenters. The number of hydrogen-bond donors (Lipinski definition) is 1. The van der Waals surface area contributed by atoms with Crippen LogP contribution >= 0.6 is 12.6 Å². The molecule has 0 spiro atoms. The van der Waals surface area contributed by atoms with Gasteiger partial charge in [-0.15, -0.1) is 6.58 Å². The number of hydrogen-bond acceptors (Lipinski definition) is 1. The van der Waals surface area contributed by atoms with E-state index in [1.54, 1.807) is 0 Å². The van der Waals surface area contributed by atoms with Crippen molar-refractivity contribution in [1.82, 2.24) is 0 Å². The summed E-state index contributed by atoms with van der Waals surface area (Å²) in [5.74, 6) is 2.98. The molecule has 236 valence electrons. The molecule has 1 aliphatic rings. The Morgan fingerprint density at radius 1 is 0.730 bits per heavy atom. The first-order valence-corrected chi connectivity index (χ1v) is 17.0. The number of thiol groups is 1. The minimum Gasteiger partial charge on any atom is -0.176 e. The molecule has 0 aliphatic heterocycles. The summed E-state index contributed by atoms with van der Waals surface area (Å²) in [5, 5.41) is 0.493. The van der Waals surface area contributed by atoms with E-state index >= 15 is 0 Å². The van der Waals surface area contributed by atoms with Crippen LogP contribution in [0.3, 0.4) is 0 Å². The second-order valence-corrected chi connectivity index (χ2v) is 11.7. The quantitative estimate of drug-likeness (QED) is 0.262. The Labute approximate surface area is 249 Å². The lowest BCUT2D eigenvalue weighted by Crippen LogP contribution is -2.16. The van der Waals surface area contributed by atoms with E-state index in [4.69, 9.17) is 0 Å². The first kappa shape index (κ1) is 57.1. The van der Waals surface area contributed by atoms with E-state index in [1.165, 1.54) is 38.5 Å². The van der Waals surface area contributed by atoms with E-state index in [0.717, 1.165) is 17.8 Å². The summed E-state index contributed by atoms with van der Waals surface area (Å²) in [6, 6.07) is 0. The summed E-state index contributed by atoms with van der Waals surface area (Å²) in [4.78, 5) is 0. The van der Waals surface area contributed by atoms with Crippen LogP contribution in [0.2, 0.25) is 0 Å². The highest BCUT2D eigenvalue weighted by Crippen LogP contribution is 2.34. The Bertz CT molecular complexity index is 313. The van der Waals surface area contributed by atoms with Gasteiger partial charge in [0.15, 0.2) is 0 Å². The monoisotopic (exact) mass is 551 g/mol. The molecule has 1 heteroatoms. The summed E-state index contributed by atoms with van der Waals surface area (Å²) in [6.07, 6.45) is 10.5. The molecule has 0 heterocycles. The molecule has 0 radical (unpaired) electrons. The molecule has 0 bridgehead atoms. The van der Waals surface area contributed by atoms with Gasteiger partial charge in [0.05, 0.1) is 0 Å². The maximum atomic E-state index is 4.28. The zero-order valence-electron chi connectivity index (χ0n) is 31.3. The van der Waals surface area contributed by atoms with Gasteiger partial charge in [-0.05, 0) is 41.4 Å². The van der Waals surface area contributed by atoms with Crippen molar-refractivity contribution in [1.29, 1.82) is 0 Å². The van der Waals surface area contributed by atoms with Gasteiger partial charge in [-0.25, -0.2) is 0 Å². The molecule has 2 unspecified atom stereocenters. The smallest absolute Gasteiger partial charge is 0.00370 e. The molecule has 0 aromatic rings. The summed E-state index contributed by atoms with van der Waals surface area (Å²) in [6.45, 7) is 50.2. The molecule has 1 rings (SSSR count).